The second kappa shape index (κ2) is 6.99. The Morgan fingerprint density at radius 1 is 1.33 bits per heavy atom. The molecule has 158 valence electrons. The maximum Gasteiger partial charge on any atom is 0.421 e. The van der Waals surface area contributed by atoms with Gasteiger partial charge in [-0.2, -0.15) is 18.3 Å². The molecule has 1 aromatic carbocycles. The Morgan fingerprint density at radius 2 is 2.07 bits per heavy atom. The molecule has 4 rings (SSSR count). The van der Waals surface area contributed by atoms with Crippen LogP contribution in [0.2, 0.25) is 5.02 Å². The van der Waals surface area contributed by atoms with Gasteiger partial charge in [0.2, 0.25) is 6.10 Å². The van der Waals surface area contributed by atoms with Gasteiger partial charge in [0.15, 0.2) is 17.5 Å². The predicted molar refractivity (Wildman–Crippen MR) is 98.0 cm³/mol. The summed E-state index contributed by atoms with van der Waals surface area (Å²) in [5, 5.41) is 15.4. The first kappa shape index (κ1) is 20.2. The summed E-state index contributed by atoms with van der Waals surface area (Å²) in [4.78, 5) is 7.76. The minimum Gasteiger partial charge on any atom is -0.495 e. The molecule has 30 heavy (non-hydrogen) atoms. The summed E-state index contributed by atoms with van der Waals surface area (Å²) in [7, 11) is 2.82. The van der Waals surface area contributed by atoms with Crippen LogP contribution in [0.5, 0.6) is 5.75 Å². The normalized spacial score (nSPS) is 13.2. The molecule has 8 nitrogen and oxygen atoms in total. The van der Waals surface area contributed by atoms with Crippen LogP contribution in [0.4, 0.5) is 17.6 Å². The van der Waals surface area contributed by atoms with E-state index >= 15 is 4.39 Å². The lowest BCUT2D eigenvalue weighted by Gasteiger charge is -2.10. The molecule has 0 saturated heterocycles. The third-order valence-corrected chi connectivity index (χ3v) is 4.91. The average molecular weight is 445 g/mol. The maximum absolute atomic E-state index is 15.1. The topological polar surface area (TPSA) is 93.8 Å². The van der Waals surface area contributed by atoms with Crippen molar-refractivity contribution in [2.24, 2.45) is 7.05 Å². The molecule has 0 amide bonds. The van der Waals surface area contributed by atoms with Crippen molar-refractivity contribution in [3.05, 3.63) is 41.5 Å². The van der Waals surface area contributed by atoms with Gasteiger partial charge in [0.25, 0.3) is 0 Å². The molecular weight excluding hydrogens is 432 g/mol. The van der Waals surface area contributed by atoms with Gasteiger partial charge in [-0.25, -0.2) is 14.4 Å². The van der Waals surface area contributed by atoms with E-state index in [1.807, 2.05) is 0 Å². The maximum atomic E-state index is 15.1. The molecule has 2 N–H and O–H groups in total. The summed E-state index contributed by atoms with van der Waals surface area (Å²) in [5.41, 5.74) is 0.608. The van der Waals surface area contributed by atoms with E-state index < -0.39 is 23.9 Å². The van der Waals surface area contributed by atoms with Gasteiger partial charge in [-0.05, 0) is 6.07 Å². The van der Waals surface area contributed by atoms with Crippen LogP contribution in [0.15, 0.2) is 24.8 Å². The number of benzene rings is 1. The molecule has 0 fully saturated rings. The Hall–Kier alpha value is -3.12. The van der Waals surface area contributed by atoms with Crippen LogP contribution < -0.4 is 4.74 Å². The number of aliphatic hydroxyl groups is 1. The highest BCUT2D eigenvalue weighted by molar-refractivity contribution is 6.33. The zero-order chi connectivity index (χ0) is 21.8. The van der Waals surface area contributed by atoms with E-state index in [1.165, 1.54) is 41.9 Å². The first-order valence-electron chi connectivity index (χ1n) is 8.35. The van der Waals surface area contributed by atoms with Gasteiger partial charge in [0.05, 0.1) is 24.6 Å². The SMILES string of the molecule is COc1cc2c(-n3ccnc3)c(-c3nc(C(O)C(F)(F)F)n[nH]3)n(C)c2c(F)c1Cl. The number of aliphatic hydroxyl groups excluding tert-OH is 1. The monoisotopic (exact) mass is 444 g/mol. The Kier molecular flexibility index (Phi) is 4.70. The van der Waals surface area contributed by atoms with Crippen molar-refractivity contribution in [2.45, 2.75) is 12.3 Å². The fourth-order valence-electron chi connectivity index (χ4n) is 3.22. The van der Waals surface area contributed by atoms with Crippen molar-refractivity contribution in [3.8, 4) is 23.0 Å². The third kappa shape index (κ3) is 2.99. The van der Waals surface area contributed by atoms with E-state index in [9.17, 15) is 18.3 Å². The van der Waals surface area contributed by atoms with Gasteiger partial charge in [-0.1, -0.05) is 11.6 Å². The number of rotatable bonds is 4. The highest BCUT2D eigenvalue weighted by Crippen LogP contribution is 2.42. The van der Waals surface area contributed by atoms with Crippen LogP contribution in [-0.2, 0) is 7.05 Å². The third-order valence-electron chi connectivity index (χ3n) is 4.56. The second-order valence-electron chi connectivity index (χ2n) is 6.32. The Bertz CT molecular complexity index is 1230. The number of fused-ring (bicyclic) bond motifs is 1. The highest BCUT2D eigenvalue weighted by Gasteiger charge is 2.42. The lowest BCUT2D eigenvalue weighted by atomic mass is 10.2. The van der Waals surface area contributed by atoms with Crippen molar-refractivity contribution in [3.63, 3.8) is 0 Å². The summed E-state index contributed by atoms with van der Waals surface area (Å²) >= 11 is 6.05. The van der Waals surface area contributed by atoms with Crippen LogP contribution in [0.25, 0.3) is 28.1 Å². The molecule has 3 aromatic heterocycles. The number of nitrogens with one attached hydrogen (secondary N) is 1. The van der Waals surface area contributed by atoms with Crippen molar-refractivity contribution in [2.75, 3.05) is 7.11 Å². The average Bonchev–Trinajstić information content (AvgIpc) is 3.42. The number of nitrogens with zero attached hydrogens (tertiary/aromatic N) is 5. The number of imidazole rings is 1. The van der Waals surface area contributed by atoms with Gasteiger partial charge in [-0.15, -0.1) is 0 Å². The number of aryl methyl sites for hydroxylation is 1. The van der Waals surface area contributed by atoms with Gasteiger partial charge in [0, 0.05) is 24.8 Å². The standard InChI is InChI=1S/C17H13ClF4N6O2/c1-27-11-7(5-8(30-2)9(18)10(11)19)12(28-4-3-23-6-28)13(27)15-24-16(26-25-15)14(29)17(20,21)22/h3-6,14,29H,1-2H3,(H,24,25,26). The number of aromatic amines is 1. The fraction of sp³-hybridized carbons (Fsp3) is 0.235. The highest BCUT2D eigenvalue weighted by atomic mass is 35.5. The molecule has 13 heteroatoms. The molecule has 0 spiro atoms. The molecule has 0 saturated carbocycles. The number of alkyl halides is 3. The molecule has 0 radical (unpaired) electrons. The second-order valence-corrected chi connectivity index (χ2v) is 6.69. The van der Waals surface area contributed by atoms with E-state index in [-0.39, 0.29) is 27.8 Å². The minimum atomic E-state index is -4.95. The molecule has 0 bridgehead atoms. The smallest absolute Gasteiger partial charge is 0.421 e. The quantitative estimate of drug-likeness (QED) is 0.470. The van der Waals surface area contributed by atoms with Crippen LogP contribution in [0.3, 0.4) is 0 Å². The van der Waals surface area contributed by atoms with Gasteiger partial charge >= 0.3 is 6.18 Å². The van der Waals surface area contributed by atoms with Crippen LogP contribution in [0, 0.1) is 5.82 Å². The van der Waals surface area contributed by atoms with E-state index in [0.717, 1.165) is 0 Å². The molecule has 3 heterocycles. The van der Waals surface area contributed by atoms with Crippen LogP contribution >= 0.6 is 11.6 Å². The van der Waals surface area contributed by atoms with Crippen LogP contribution in [0.1, 0.15) is 11.9 Å². The number of H-pyrrole nitrogens is 1. The van der Waals surface area contributed by atoms with Gasteiger partial charge in [0.1, 0.15) is 16.5 Å². The molecule has 4 aromatic rings. The molecule has 1 unspecified atom stereocenters. The van der Waals surface area contributed by atoms with Crippen molar-refractivity contribution in [1.82, 2.24) is 29.3 Å². The number of halogens is 5. The van der Waals surface area contributed by atoms with E-state index in [1.54, 1.807) is 6.20 Å². The van der Waals surface area contributed by atoms with Gasteiger partial charge in [-0.3, -0.25) is 5.10 Å². The Labute approximate surface area is 170 Å². The summed E-state index contributed by atoms with van der Waals surface area (Å²) in [6.07, 6.45) is -3.34. The van der Waals surface area contributed by atoms with E-state index in [2.05, 4.69) is 20.2 Å². The van der Waals surface area contributed by atoms with Crippen molar-refractivity contribution >= 4 is 22.5 Å². The lowest BCUT2D eigenvalue weighted by molar-refractivity contribution is -0.209. The number of methoxy groups -OCH3 is 1. The number of ether oxygens (including phenoxy) is 1. The zero-order valence-electron chi connectivity index (χ0n) is 15.4. The first-order chi connectivity index (χ1) is 14.1. The summed E-state index contributed by atoms with van der Waals surface area (Å²) < 4.78 is 61.6. The molecule has 1 atom stereocenters. The largest absolute Gasteiger partial charge is 0.495 e. The number of aromatic nitrogens is 6. The number of hydrogen-bond donors (Lipinski definition) is 2. The zero-order valence-corrected chi connectivity index (χ0v) is 16.1. The minimum absolute atomic E-state index is 0.0637. The van der Waals surface area contributed by atoms with Crippen molar-refractivity contribution < 1.29 is 27.4 Å². The number of hydrogen-bond acceptors (Lipinski definition) is 5. The summed E-state index contributed by atoms with van der Waals surface area (Å²) in [6.45, 7) is 0. The Balaban J connectivity index is 2.03. The summed E-state index contributed by atoms with van der Waals surface area (Å²) in [5.74, 6) is -1.69. The predicted octanol–water partition coefficient (Wildman–Crippen LogP) is 3.55. The van der Waals surface area contributed by atoms with Crippen molar-refractivity contribution in [1.29, 1.82) is 0 Å². The lowest BCUT2D eigenvalue weighted by Crippen LogP contribution is -2.21. The molecule has 0 aliphatic rings. The fourth-order valence-corrected chi connectivity index (χ4v) is 3.44. The van der Waals surface area contributed by atoms with Gasteiger partial charge < -0.3 is 19.0 Å². The van der Waals surface area contributed by atoms with E-state index in [4.69, 9.17) is 16.3 Å². The Morgan fingerprint density at radius 3 is 2.67 bits per heavy atom. The molecular formula is C17H13ClF4N6O2. The summed E-state index contributed by atoms with van der Waals surface area (Å²) in [6, 6.07) is 1.50. The van der Waals surface area contributed by atoms with E-state index in [0.29, 0.717) is 11.1 Å². The molecule has 0 aliphatic heterocycles. The first-order valence-corrected chi connectivity index (χ1v) is 8.73. The van der Waals surface area contributed by atoms with Crippen LogP contribution in [-0.4, -0.2) is 47.7 Å². The molecule has 0 aliphatic carbocycles.